The average molecular weight is 1100 g/mol. The van der Waals surface area contributed by atoms with Crippen molar-refractivity contribution < 1.29 is 72.3 Å². The Morgan fingerprint density at radius 2 is 1.44 bits per heavy atom. The first-order chi connectivity index (χ1) is 30.5. The zero-order chi connectivity index (χ0) is 48.1. The van der Waals surface area contributed by atoms with Gasteiger partial charge in [0.25, 0.3) is 0 Å². The van der Waals surface area contributed by atoms with Gasteiger partial charge >= 0.3 is 24.8 Å². The molecule has 3 N–H and O–H groups in total. The maximum absolute atomic E-state index is 12.5. The minimum absolute atomic E-state index is 0. The van der Waals surface area contributed by atoms with E-state index in [1.54, 1.807) is 93.6 Å². The topological polar surface area (TPSA) is 188 Å². The summed E-state index contributed by atoms with van der Waals surface area (Å²) in [5.41, 5.74) is 3.06. The Morgan fingerprint density at radius 3 is 2.00 bits per heavy atom. The fraction of sp³-hybridized carbons (Fsp3) is 0.240. The van der Waals surface area contributed by atoms with Crippen molar-refractivity contribution in [2.75, 3.05) is 6.61 Å². The number of carbonyl (C=O) groups is 4. The van der Waals surface area contributed by atoms with Crippen LogP contribution in [0.25, 0.3) is 0 Å². The Kier molecular flexibility index (Phi) is 18.6. The second-order valence-corrected chi connectivity index (χ2v) is 20.5. The molecule has 0 amide bonds. The summed E-state index contributed by atoms with van der Waals surface area (Å²) in [6.45, 7) is 12.8. The molecule has 5 aromatic rings. The first kappa shape index (κ1) is 54.3. The molecule has 0 bridgehead atoms. The van der Waals surface area contributed by atoms with Crippen molar-refractivity contribution in [2.24, 2.45) is 5.92 Å². The molecule has 0 radical (unpaired) electrons. The Labute approximate surface area is 421 Å². The summed E-state index contributed by atoms with van der Waals surface area (Å²) in [4.78, 5) is 61.0. The number of carbonyl (C=O) groups excluding carboxylic acids is 3. The zero-order valence-corrected chi connectivity index (χ0v) is 43.2. The summed E-state index contributed by atoms with van der Waals surface area (Å²) in [5, 5.41) is 29.7. The van der Waals surface area contributed by atoms with Crippen molar-refractivity contribution in [3.05, 3.63) is 172 Å². The molecule has 0 fully saturated rings. The van der Waals surface area contributed by atoms with Crippen LogP contribution in [-0.4, -0.2) is 50.6 Å². The summed E-state index contributed by atoms with van der Waals surface area (Å²) in [7, 11) is -4.32. The molecule has 3 atom stereocenters. The van der Waals surface area contributed by atoms with Gasteiger partial charge in [0.1, 0.15) is 44.9 Å². The van der Waals surface area contributed by atoms with Crippen LogP contribution >= 0.6 is 55.2 Å². The standard InChI is InChI=1S/C21H13Br3O5.C16H17O3P.C13H18O3.Li/c1-8-6-11-14(9-4-2-3-5-10(9)21(27)28)12-7-13(22)18(26)16(24)20(12)29-19(11)15(23)17(8)25;1-11-9-12(2)15(13(3)10-11)16(17)20(18,19)14-7-5-4-6-8-14;1-4-9-16-11-7-5-10(6-8-11)12(14)13(2,3)15;/h2-7,11,14,26H,1H3,(H,27,28);4-10H,1-3H3,(H,18,19);5-8,15H,4,9H2,1-3H3;/q;;;+1/p-1. The number of fused-ring (bicyclic) bond motifs is 2. The number of hydrogen-bond acceptors (Lipinski definition) is 10. The van der Waals surface area contributed by atoms with E-state index in [4.69, 9.17) is 9.47 Å². The maximum atomic E-state index is 12.5. The van der Waals surface area contributed by atoms with Crippen LogP contribution in [0.1, 0.15) is 98.9 Å². The SMILES string of the molecule is CC1=CC2C(=C(Br)C1=O)Oc1c(cc(Br)c(O)c1Br)C2c1ccccc1C(=O)O.CCCOc1ccc(C(=O)C(C)(C)O)cc1.Cc1cc(C)c(C(=O)P(=O)([O-])c2ccccc2)c(C)c1.[Li+]. The number of allylic oxidation sites excluding steroid dienone is 3. The number of Topliss-reactive ketones (excluding diaryl/α,β-unsaturated/α-hetero) is 2. The van der Waals surface area contributed by atoms with Crippen LogP contribution in [0.15, 0.2) is 128 Å². The van der Waals surface area contributed by atoms with Crippen molar-refractivity contribution >= 4 is 83.5 Å². The normalized spacial score (nSPS) is 15.9. The zero-order valence-electron chi connectivity index (χ0n) is 37.6. The molecule has 1 aliphatic heterocycles. The molecule has 11 nitrogen and oxygen atoms in total. The minimum atomic E-state index is -4.32. The molecular formula is C50H47Br3LiO11P. The Bertz CT molecular complexity index is 2760. The molecule has 66 heavy (non-hydrogen) atoms. The monoisotopic (exact) mass is 1100 g/mol. The molecule has 5 aromatic carbocycles. The number of rotatable bonds is 10. The van der Waals surface area contributed by atoms with Crippen LogP contribution in [0.3, 0.4) is 0 Å². The predicted molar refractivity (Wildman–Crippen MR) is 259 cm³/mol. The maximum Gasteiger partial charge on any atom is 1.00 e. The van der Waals surface area contributed by atoms with Crippen molar-refractivity contribution in [3.63, 3.8) is 0 Å². The summed E-state index contributed by atoms with van der Waals surface area (Å²) in [6, 6.07) is 26.8. The number of halogens is 3. The van der Waals surface area contributed by atoms with E-state index in [9.17, 15) is 44.0 Å². The van der Waals surface area contributed by atoms with Crippen molar-refractivity contribution in [1.29, 1.82) is 0 Å². The van der Waals surface area contributed by atoms with Crippen LogP contribution in [0.5, 0.6) is 17.2 Å². The summed E-state index contributed by atoms with van der Waals surface area (Å²) < 4.78 is 24.9. The van der Waals surface area contributed by atoms with Crippen LogP contribution in [0.4, 0.5) is 0 Å². The van der Waals surface area contributed by atoms with Gasteiger partial charge in [-0.15, -0.1) is 0 Å². The second-order valence-electron chi connectivity index (χ2n) is 16.0. The van der Waals surface area contributed by atoms with Crippen LogP contribution in [0.2, 0.25) is 0 Å². The predicted octanol–water partition coefficient (Wildman–Crippen LogP) is 8.04. The van der Waals surface area contributed by atoms with E-state index in [2.05, 4.69) is 47.8 Å². The van der Waals surface area contributed by atoms with Crippen LogP contribution in [0, 0.1) is 26.7 Å². The van der Waals surface area contributed by atoms with Crippen LogP contribution in [-0.2, 0) is 9.36 Å². The quantitative estimate of drug-likeness (QED) is 0.0698. The molecule has 0 saturated carbocycles. The third-order valence-electron chi connectivity index (χ3n) is 10.5. The smallest absolute Gasteiger partial charge is 0.790 e. The number of carboxylic acid groups (broad SMARTS) is 1. The third-order valence-corrected chi connectivity index (χ3v) is 14.3. The number of aromatic carboxylic acids is 1. The van der Waals surface area contributed by atoms with E-state index in [1.165, 1.54) is 26.0 Å². The van der Waals surface area contributed by atoms with E-state index < -0.39 is 36.3 Å². The van der Waals surface area contributed by atoms with Crippen molar-refractivity contribution in [2.45, 2.75) is 66.4 Å². The van der Waals surface area contributed by atoms with Gasteiger partial charge in [-0.05, 0) is 154 Å². The number of aryl methyl sites for hydroxylation is 3. The van der Waals surface area contributed by atoms with Crippen molar-refractivity contribution in [1.82, 2.24) is 0 Å². The number of benzene rings is 5. The number of carboxylic acids is 1. The number of phenols is 1. The number of phenolic OH excluding ortho intramolecular Hbond substituents is 1. The number of aromatic hydroxyl groups is 1. The van der Waals surface area contributed by atoms with Gasteiger partial charge in [0, 0.05) is 33.8 Å². The van der Waals surface area contributed by atoms with Gasteiger partial charge in [0.15, 0.2) is 11.6 Å². The van der Waals surface area contributed by atoms with E-state index in [-0.39, 0.29) is 52.6 Å². The summed E-state index contributed by atoms with van der Waals surface area (Å²) >= 11 is 10.1. The largest absolute Gasteiger partial charge is 1.00 e. The van der Waals surface area contributed by atoms with Gasteiger partial charge in [-0.3, -0.25) is 14.4 Å². The Hall–Kier alpha value is -4.35. The van der Waals surface area contributed by atoms with Gasteiger partial charge in [0.2, 0.25) is 5.52 Å². The number of ether oxygens (including phenoxy) is 2. The van der Waals surface area contributed by atoms with E-state index >= 15 is 0 Å². The molecule has 340 valence electrons. The van der Waals surface area contributed by atoms with E-state index in [0.717, 1.165) is 17.7 Å². The molecule has 0 aromatic heterocycles. The fourth-order valence-corrected chi connectivity index (χ4v) is 10.8. The van der Waals surface area contributed by atoms with Crippen LogP contribution < -0.4 is 38.5 Å². The Balaban J connectivity index is 0.000000227. The molecule has 0 saturated heterocycles. The third kappa shape index (κ3) is 12.0. The number of hydrogen-bond donors (Lipinski definition) is 3. The van der Waals surface area contributed by atoms with Gasteiger partial charge in [-0.2, -0.15) is 0 Å². The molecule has 3 unspecified atom stereocenters. The van der Waals surface area contributed by atoms with Gasteiger partial charge in [-0.25, -0.2) is 4.79 Å². The fourth-order valence-electron chi connectivity index (χ4n) is 7.47. The summed E-state index contributed by atoms with van der Waals surface area (Å²) in [6.07, 6.45) is 2.76. The van der Waals surface area contributed by atoms with Gasteiger partial charge in [-0.1, -0.05) is 79.2 Å². The summed E-state index contributed by atoms with van der Waals surface area (Å²) in [5.74, 6) is -0.907. The molecule has 1 heterocycles. The molecule has 0 spiro atoms. The molecule has 7 rings (SSSR count). The first-order valence-corrected chi connectivity index (χ1v) is 24.3. The number of aliphatic hydroxyl groups is 1. The molecule has 1 aliphatic carbocycles. The second kappa shape index (κ2) is 22.6. The average Bonchev–Trinajstić information content (AvgIpc) is 3.26. The minimum Gasteiger partial charge on any atom is -0.790 e. The van der Waals surface area contributed by atoms with Crippen molar-refractivity contribution in [3.8, 4) is 17.2 Å². The Morgan fingerprint density at radius 1 is 0.864 bits per heavy atom. The van der Waals surface area contributed by atoms with Gasteiger partial charge in [0.05, 0.1) is 16.6 Å². The first-order valence-electron chi connectivity index (χ1n) is 20.3. The molecule has 2 aliphatic rings. The molecular weight excluding hydrogens is 1050 g/mol. The molecule has 16 heteroatoms. The number of ketones is 2. The van der Waals surface area contributed by atoms with E-state index in [1.807, 2.05) is 32.1 Å². The van der Waals surface area contributed by atoms with E-state index in [0.29, 0.717) is 64.9 Å². The van der Waals surface area contributed by atoms with Gasteiger partial charge < -0.3 is 34.3 Å².